The Morgan fingerprint density at radius 1 is 1.11 bits per heavy atom. The second-order valence-electron chi connectivity index (χ2n) is 6.43. The average Bonchev–Trinajstić information content (AvgIpc) is 3.45. The Balaban J connectivity index is 1.62. The smallest absolute Gasteiger partial charge is 0.273 e. The third kappa shape index (κ3) is 5.11. The molecule has 0 saturated heterocycles. The van der Waals surface area contributed by atoms with Crippen molar-refractivity contribution < 1.29 is 18.1 Å². The quantitative estimate of drug-likeness (QED) is 0.531. The van der Waals surface area contributed by atoms with Crippen LogP contribution in [0.5, 0.6) is 0 Å². The summed E-state index contributed by atoms with van der Waals surface area (Å²) in [5.41, 5.74) is 0.610. The summed E-state index contributed by atoms with van der Waals surface area (Å²) in [7, 11) is -3.56. The number of sulfonamides is 1. The topological polar surface area (TPSA) is 118 Å². The van der Waals surface area contributed by atoms with Gasteiger partial charge in [0, 0.05) is 23.9 Å². The van der Waals surface area contributed by atoms with E-state index in [1.807, 2.05) is 0 Å². The van der Waals surface area contributed by atoms with Crippen LogP contribution in [0.2, 0.25) is 0 Å². The number of benzene rings is 2. The molecule has 1 saturated carbocycles. The Hall–Kier alpha value is -2.78. The number of nitro benzene ring substituents is 1. The number of carbonyl (C=O) groups excluding carboxylic acids is 1. The van der Waals surface area contributed by atoms with Gasteiger partial charge in [-0.3, -0.25) is 14.9 Å². The minimum absolute atomic E-state index is 0.115. The van der Waals surface area contributed by atoms with Crippen LogP contribution in [0.3, 0.4) is 0 Å². The normalized spacial score (nSPS) is 13.9. The number of nitrogens with zero attached hydrogens (tertiary/aromatic N) is 1. The largest absolute Gasteiger partial charge is 0.326 e. The number of nitro groups is 1. The van der Waals surface area contributed by atoms with E-state index in [-0.39, 0.29) is 17.0 Å². The fraction of sp³-hybridized carbons (Fsp3) is 0.278. The van der Waals surface area contributed by atoms with Gasteiger partial charge in [-0.15, -0.1) is 0 Å². The lowest BCUT2D eigenvalue weighted by Crippen LogP contribution is -2.25. The molecule has 8 nitrogen and oxygen atoms in total. The van der Waals surface area contributed by atoms with Gasteiger partial charge in [0.1, 0.15) is 0 Å². The number of para-hydroxylation sites is 1. The molecule has 0 radical (unpaired) electrons. The molecule has 2 aromatic carbocycles. The van der Waals surface area contributed by atoms with Crippen molar-refractivity contribution in [1.82, 2.24) is 4.72 Å². The Labute approximate surface area is 156 Å². The van der Waals surface area contributed by atoms with E-state index in [0.29, 0.717) is 23.7 Å². The summed E-state index contributed by atoms with van der Waals surface area (Å²) < 4.78 is 26.9. The number of rotatable bonds is 8. The molecule has 1 fully saturated rings. The average molecular weight is 389 g/mol. The molecule has 27 heavy (non-hydrogen) atoms. The molecule has 0 heterocycles. The second-order valence-corrected chi connectivity index (χ2v) is 8.20. The van der Waals surface area contributed by atoms with Crippen molar-refractivity contribution in [3.63, 3.8) is 0 Å². The standard InChI is InChI=1S/C18H19N3O5S/c22-18(11-14-3-1-2-4-17(14)21(23)24)20-15-7-9-16(10-8-15)27(25,26)19-12-13-5-6-13/h1-4,7-10,13,19H,5-6,11-12H2,(H,20,22). The fourth-order valence-electron chi connectivity index (χ4n) is 2.57. The van der Waals surface area contributed by atoms with E-state index in [0.717, 1.165) is 12.8 Å². The first-order valence-corrected chi connectivity index (χ1v) is 9.95. The molecule has 1 aliphatic rings. The summed E-state index contributed by atoms with van der Waals surface area (Å²) in [6.07, 6.45) is 1.94. The summed E-state index contributed by atoms with van der Waals surface area (Å²) in [6, 6.07) is 11.8. The van der Waals surface area contributed by atoms with E-state index in [4.69, 9.17) is 0 Å². The van der Waals surface area contributed by atoms with Crippen LogP contribution in [0.15, 0.2) is 53.4 Å². The fourth-order valence-corrected chi connectivity index (χ4v) is 3.68. The molecule has 142 valence electrons. The van der Waals surface area contributed by atoms with Gasteiger partial charge >= 0.3 is 0 Å². The first-order valence-electron chi connectivity index (χ1n) is 8.47. The molecular formula is C18H19N3O5S. The van der Waals surface area contributed by atoms with Gasteiger partial charge in [-0.05, 0) is 43.0 Å². The second kappa shape index (κ2) is 7.85. The van der Waals surface area contributed by atoms with E-state index in [2.05, 4.69) is 10.0 Å². The molecule has 1 aliphatic carbocycles. The van der Waals surface area contributed by atoms with Crippen LogP contribution >= 0.6 is 0 Å². The first kappa shape index (κ1) is 19.0. The Morgan fingerprint density at radius 2 is 1.78 bits per heavy atom. The molecule has 0 aliphatic heterocycles. The molecule has 2 aromatic rings. The summed E-state index contributed by atoms with van der Waals surface area (Å²) in [6.45, 7) is 0.441. The third-order valence-electron chi connectivity index (χ3n) is 4.25. The maximum atomic E-state index is 12.2. The van der Waals surface area contributed by atoms with Crippen molar-refractivity contribution in [2.45, 2.75) is 24.2 Å². The number of amides is 1. The van der Waals surface area contributed by atoms with Gasteiger partial charge in [-0.1, -0.05) is 18.2 Å². The lowest BCUT2D eigenvalue weighted by atomic mass is 10.1. The molecule has 0 unspecified atom stereocenters. The van der Waals surface area contributed by atoms with E-state index >= 15 is 0 Å². The summed E-state index contributed by atoms with van der Waals surface area (Å²) in [5.74, 6) is 0.00662. The van der Waals surface area contributed by atoms with Gasteiger partial charge in [-0.25, -0.2) is 13.1 Å². The first-order chi connectivity index (χ1) is 12.8. The van der Waals surface area contributed by atoms with Gasteiger partial charge in [0.25, 0.3) is 5.69 Å². The number of hydrogen-bond acceptors (Lipinski definition) is 5. The van der Waals surface area contributed by atoms with Crippen molar-refractivity contribution in [3.8, 4) is 0 Å². The maximum absolute atomic E-state index is 12.2. The highest BCUT2D eigenvalue weighted by atomic mass is 32.2. The van der Waals surface area contributed by atoms with Crippen LogP contribution in [-0.2, 0) is 21.2 Å². The van der Waals surface area contributed by atoms with E-state index in [1.54, 1.807) is 6.07 Å². The van der Waals surface area contributed by atoms with Crippen LogP contribution < -0.4 is 10.0 Å². The zero-order valence-electron chi connectivity index (χ0n) is 14.4. The van der Waals surface area contributed by atoms with Crippen LogP contribution in [0.1, 0.15) is 18.4 Å². The minimum Gasteiger partial charge on any atom is -0.326 e. The molecule has 3 rings (SSSR count). The highest BCUT2D eigenvalue weighted by molar-refractivity contribution is 7.89. The summed E-state index contributed by atoms with van der Waals surface area (Å²) in [5, 5.41) is 13.6. The van der Waals surface area contributed by atoms with Crippen molar-refractivity contribution in [1.29, 1.82) is 0 Å². The minimum atomic E-state index is -3.56. The van der Waals surface area contributed by atoms with Gasteiger partial charge in [-0.2, -0.15) is 0 Å². The monoisotopic (exact) mass is 389 g/mol. The van der Waals surface area contributed by atoms with E-state index < -0.39 is 20.9 Å². The Morgan fingerprint density at radius 3 is 2.41 bits per heavy atom. The molecular weight excluding hydrogens is 370 g/mol. The molecule has 1 amide bonds. The molecule has 0 bridgehead atoms. The summed E-state index contributed by atoms with van der Waals surface area (Å²) >= 11 is 0. The van der Waals surface area contributed by atoms with Gasteiger partial charge in [0.15, 0.2) is 0 Å². The van der Waals surface area contributed by atoms with Crippen LogP contribution in [0.4, 0.5) is 11.4 Å². The molecule has 0 aromatic heterocycles. The van der Waals surface area contributed by atoms with Gasteiger partial charge < -0.3 is 5.32 Å². The van der Waals surface area contributed by atoms with E-state index in [1.165, 1.54) is 42.5 Å². The molecule has 0 atom stereocenters. The van der Waals surface area contributed by atoms with Crippen molar-refractivity contribution in [3.05, 3.63) is 64.2 Å². The molecule has 0 spiro atoms. The molecule has 2 N–H and O–H groups in total. The van der Waals surface area contributed by atoms with Crippen LogP contribution in [-0.4, -0.2) is 25.8 Å². The van der Waals surface area contributed by atoms with Crippen molar-refractivity contribution >= 4 is 27.3 Å². The van der Waals surface area contributed by atoms with Crippen molar-refractivity contribution in [2.75, 3.05) is 11.9 Å². The number of nitrogens with one attached hydrogen (secondary N) is 2. The van der Waals surface area contributed by atoms with Crippen LogP contribution in [0.25, 0.3) is 0 Å². The SMILES string of the molecule is O=C(Cc1ccccc1[N+](=O)[O-])Nc1ccc(S(=O)(=O)NCC2CC2)cc1. The predicted molar refractivity (Wildman–Crippen MR) is 99.8 cm³/mol. The Kier molecular flexibility index (Phi) is 5.52. The van der Waals surface area contributed by atoms with Gasteiger partial charge in [0.2, 0.25) is 15.9 Å². The number of carbonyl (C=O) groups is 1. The number of hydrogen-bond donors (Lipinski definition) is 2. The van der Waals surface area contributed by atoms with Crippen LogP contribution in [0, 0.1) is 16.0 Å². The zero-order chi connectivity index (χ0) is 19.4. The lowest BCUT2D eigenvalue weighted by Gasteiger charge is -2.08. The predicted octanol–water partition coefficient (Wildman–Crippen LogP) is 2.46. The Bertz CT molecular complexity index is 953. The van der Waals surface area contributed by atoms with Crippen molar-refractivity contribution in [2.24, 2.45) is 5.92 Å². The lowest BCUT2D eigenvalue weighted by molar-refractivity contribution is -0.385. The van der Waals surface area contributed by atoms with E-state index in [9.17, 15) is 23.3 Å². The maximum Gasteiger partial charge on any atom is 0.273 e. The highest BCUT2D eigenvalue weighted by Gasteiger charge is 2.24. The zero-order valence-corrected chi connectivity index (χ0v) is 15.2. The molecule has 9 heteroatoms. The number of anilines is 1. The summed E-state index contributed by atoms with van der Waals surface area (Å²) in [4.78, 5) is 22.8. The third-order valence-corrected chi connectivity index (χ3v) is 5.69. The highest BCUT2D eigenvalue weighted by Crippen LogP contribution is 2.28. The van der Waals surface area contributed by atoms with Gasteiger partial charge in [0.05, 0.1) is 16.2 Å².